The van der Waals surface area contributed by atoms with E-state index >= 15 is 0 Å². The van der Waals surface area contributed by atoms with Gasteiger partial charge in [0.2, 0.25) is 5.13 Å². The molecule has 1 aromatic heterocycles. The van der Waals surface area contributed by atoms with Crippen LogP contribution in [-0.2, 0) is 4.79 Å². The molecule has 1 amide bonds. The minimum atomic E-state index is -0.676. The molecule has 1 N–H and O–H groups in total. The Kier molecular flexibility index (Phi) is 5.39. The van der Waals surface area contributed by atoms with Crippen LogP contribution in [0.25, 0.3) is 21.3 Å². The van der Waals surface area contributed by atoms with Crippen LogP contribution in [0.15, 0.2) is 66.7 Å². The standard InChI is InChI=1S/C22H19N3O3S/c1-14(28-19-12-7-15-5-3-4-6-17(15)13-19)20(26)23-22-25-24-21(29-22)16-8-10-18(27-2)11-9-16/h3-14H,1-2H3,(H,23,25,26). The number of anilines is 1. The highest BCUT2D eigenvalue weighted by atomic mass is 32.1. The zero-order chi connectivity index (χ0) is 20.2. The Bertz CT molecular complexity index is 1140. The second-order valence-electron chi connectivity index (χ2n) is 6.40. The molecule has 0 saturated carbocycles. The van der Waals surface area contributed by atoms with Crippen LogP contribution in [0.3, 0.4) is 0 Å². The molecule has 3 aromatic carbocycles. The van der Waals surface area contributed by atoms with Gasteiger partial charge in [0.25, 0.3) is 5.91 Å². The Balaban J connectivity index is 1.41. The van der Waals surface area contributed by atoms with Gasteiger partial charge in [0.05, 0.1) is 7.11 Å². The number of carbonyl (C=O) groups excluding carboxylic acids is 1. The van der Waals surface area contributed by atoms with E-state index < -0.39 is 6.10 Å². The molecule has 4 aromatic rings. The fourth-order valence-electron chi connectivity index (χ4n) is 2.83. The van der Waals surface area contributed by atoms with Gasteiger partial charge in [-0.1, -0.05) is 41.7 Å². The van der Waals surface area contributed by atoms with Gasteiger partial charge in [-0.3, -0.25) is 10.1 Å². The summed E-state index contributed by atoms with van der Waals surface area (Å²) in [6, 6.07) is 21.3. The number of hydrogen-bond acceptors (Lipinski definition) is 6. The third-order valence-electron chi connectivity index (χ3n) is 4.40. The number of rotatable bonds is 6. The zero-order valence-corrected chi connectivity index (χ0v) is 16.8. The second-order valence-corrected chi connectivity index (χ2v) is 7.38. The Morgan fingerprint density at radius 2 is 1.69 bits per heavy atom. The van der Waals surface area contributed by atoms with Gasteiger partial charge in [0, 0.05) is 5.56 Å². The molecular formula is C22H19N3O3S. The topological polar surface area (TPSA) is 73.3 Å². The lowest BCUT2D eigenvalue weighted by molar-refractivity contribution is -0.122. The van der Waals surface area contributed by atoms with Crippen molar-refractivity contribution in [3.8, 4) is 22.1 Å². The molecule has 0 aliphatic carbocycles. The van der Waals surface area contributed by atoms with Crippen molar-refractivity contribution in [2.45, 2.75) is 13.0 Å². The maximum absolute atomic E-state index is 12.5. The molecule has 0 aliphatic heterocycles. The van der Waals surface area contributed by atoms with E-state index in [9.17, 15) is 4.79 Å². The molecule has 6 nitrogen and oxygen atoms in total. The van der Waals surface area contributed by atoms with Gasteiger partial charge < -0.3 is 9.47 Å². The number of hydrogen-bond donors (Lipinski definition) is 1. The van der Waals surface area contributed by atoms with E-state index in [1.165, 1.54) is 11.3 Å². The third kappa shape index (κ3) is 4.35. The van der Waals surface area contributed by atoms with Crippen molar-refractivity contribution in [1.29, 1.82) is 0 Å². The summed E-state index contributed by atoms with van der Waals surface area (Å²) in [6.45, 7) is 1.70. The first-order valence-electron chi connectivity index (χ1n) is 9.06. The van der Waals surface area contributed by atoms with E-state index in [1.54, 1.807) is 14.0 Å². The van der Waals surface area contributed by atoms with Crippen LogP contribution < -0.4 is 14.8 Å². The van der Waals surface area contributed by atoms with Crippen molar-refractivity contribution in [3.05, 3.63) is 66.7 Å². The Labute approximate surface area is 172 Å². The van der Waals surface area contributed by atoms with E-state index in [-0.39, 0.29) is 5.91 Å². The van der Waals surface area contributed by atoms with Gasteiger partial charge >= 0.3 is 0 Å². The number of fused-ring (bicyclic) bond motifs is 1. The first kappa shape index (κ1) is 18.9. The van der Waals surface area contributed by atoms with Crippen molar-refractivity contribution in [2.24, 2.45) is 0 Å². The third-order valence-corrected chi connectivity index (χ3v) is 5.28. The minimum absolute atomic E-state index is 0.282. The molecule has 0 radical (unpaired) electrons. The molecule has 1 unspecified atom stereocenters. The summed E-state index contributed by atoms with van der Waals surface area (Å²) in [6.07, 6.45) is -0.676. The maximum Gasteiger partial charge on any atom is 0.266 e. The van der Waals surface area contributed by atoms with Crippen LogP contribution in [0.1, 0.15) is 6.92 Å². The summed E-state index contributed by atoms with van der Waals surface area (Å²) in [5.74, 6) is 1.13. The van der Waals surface area contributed by atoms with Crippen LogP contribution in [0.2, 0.25) is 0 Å². The molecule has 0 aliphatic rings. The minimum Gasteiger partial charge on any atom is -0.497 e. The number of nitrogens with one attached hydrogen (secondary N) is 1. The van der Waals surface area contributed by atoms with Crippen LogP contribution in [0.4, 0.5) is 5.13 Å². The number of aromatic nitrogens is 2. The lowest BCUT2D eigenvalue weighted by Crippen LogP contribution is -2.30. The molecule has 0 bridgehead atoms. The SMILES string of the molecule is COc1ccc(-c2nnc(NC(=O)C(C)Oc3ccc4ccccc4c3)s2)cc1. The van der Waals surface area contributed by atoms with Crippen LogP contribution in [0, 0.1) is 0 Å². The van der Waals surface area contributed by atoms with E-state index in [4.69, 9.17) is 9.47 Å². The molecule has 29 heavy (non-hydrogen) atoms. The molecule has 1 atom stereocenters. The van der Waals surface area contributed by atoms with Gasteiger partial charge in [-0.25, -0.2) is 0 Å². The first-order valence-corrected chi connectivity index (χ1v) is 9.88. The quantitative estimate of drug-likeness (QED) is 0.500. The monoisotopic (exact) mass is 405 g/mol. The summed E-state index contributed by atoms with van der Waals surface area (Å²) in [4.78, 5) is 12.5. The van der Waals surface area contributed by atoms with E-state index in [0.29, 0.717) is 15.9 Å². The number of carbonyl (C=O) groups is 1. The Hall–Kier alpha value is -3.45. The smallest absolute Gasteiger partial charge is 0.266 e. The number of benzene rings is 3. The summed E-state index contributed by atoms with van der Waals surface area (Å²) in [5.41, 5.74) is 0.907. The molecule has 0 fully saturated rings. The maximum atomic E-state index is 12.5. The highest BCUT2D eigenvalue weighted by Gasteiger charge is 2.17. The van der Waals surface area contributed by atoms with Crippen LogP contribution in [-0.4, -0.2) is 29.3 Å². The normalized spacial score (nSPS) is 11.8. The first-order chi connectivity index (χ1) is 14.1. The second kappa shape index (κ2) is 8.28. The average Bonchev–Trinajstić information content (AvgIpc) is 3.22. The summed E-state index contributed by atoms with van der Waals surface area (Å²) in [7, 11) is 1.62. The van der Waals surface area contributed by atoms with Gasteiger partial charge in [-0.05, 0) is 54.1 Å². The van der Waals surface area contributed by atoms with Crippen molar-refractivity contribution in [2.75, 3.05) is 12.4 Å². The average molecular weight is 405 g/mol. The number of nitrogens with zero attached hydrogens (tertiary/aromatic N) is 2. The summed E-state index contributed by atoms with van der Waals surface area (Å²) < 4.78 is 11.0. The molecule has 146 valence electrons. The number of ether oxygens (including phenoxy) is 2. The fraction of sp³-hybridized carbons (Fsp3) is 0.136. The zero-order valence-electron chi connectivity index (χ0n) is 16.0. The van der Waals surface area contributed by atoms with Crippen molar-refractivity contribution in [1.82, 2.24) is 10.2 Å². The molecule has 0 spiro atoms. The Morgan fingerprint density at radius 3 is 2.45 bits per heavy atom. The molecule has 0 saturated heterocycles. The van der Waals surface area contributed by atoms with E-state index in [2.05, 4.69) is 15.5 Å². The lowest BCUT2D eigenvalue weighted by atomic mass is 10.1. The lowest BCUT2D eigenvalue weighted by Gasteiger charge is -2.14. The van der Waals surface area contributed by atoms with Crippen LogP contribution in [0.5, 0.6) is 11.5 Å². The van der Waals surface area contributed by atoms with Crippen molar-refractivity contribution in [3.63, 3.8) is 0 Å². The Morgan fingerprint density at radius 1 is 0.966 bits per heavy atom. The van der Waals surface area contributed by atoms with Gasteiger partial charge in [0.1, 0.15) is 16.5 Å². The fourth-order valence-corrected chi connectivity index (χ4v) is 3.58. The molecule has 1 heterocycles. The molecular weight excluding hydrogens is 386 g/mol. The summed E-state index contributed by atoms with van der Waals surface area (Å²) in [5, 5.41) is 14.3. The van der Waals surface area contributed by atoms with Gasteiger partial charge in [-0.2, -0.15) is 0 Å². The summed E-state index contributed by atoms with van der Waals surface area (Å²) >= 11 is 1.30. The highest BCUT2D eigenvalue weighted by Crippen LogP contribution is 2.28. The van der Waals surface area contributed by atoms with Crippen molar-refractivity contribution < 1.29 is 14.3 Å². The number of amides is 1. The van der Waals surface area contributed by atoms with Crippen LogP contribution >= 0.6 is 11.3 Å². The number of methoxy groups -OCH3 is 1. The van der Waals surface area contributed by atoms with E-state index in [0.717, 1.165) is 22.1 Å². The van der Waals surface area contributed by atoms with Crippen molar-refractivity contribution >= 4 is 33.1 Å². The van der Waals surface area contributed by atoms with Gasteiger partial charge in [0.15, 0.2) is 6.10 Å². The van der Waals surface area contributed by atoms with E-state index in [1.807, 2.05) is 66.7 Å². The molecule has 7 heteroatoms. The van der Waals surface area contributed by atoms with Gasteiger partial charge in [-0.15, -0.1) is 10.2 Å². The largest absolute Gasteiger partial charge is 0.497 e. The predicted molar refractivity (Wildman–Crippen MR) is 115 cm³/mol. The molecule has 4 rings (SSSR count). The highest BCUT2D eigenvalue weighted by molar-refractivity contribution is 7.18. The predicted octanol–water partition coefficient (Wildman–Crippen LogP) is 4.77.